The van der Waals surface area contributed by atoms with Gasteiger partial charge in [-0.2, -0.15) is 0 Å². The Labute approximate surface area is 145 Å². The number of hydrogen-bond acceptors (Lipinski definition) is 3. The average Bonchev–Trinajstić information content (AvgIpc) is 2.43. The molecule has 0 fully saturated rings. The molecular weight excluding hydrogens is 336 g/mol. The highest BCUT2D eigenvalue weighted by atomic mass is 32.2. The van der Waals surface area contributed by atoms with E-state index in [2.05, 4.69) is 4.72 Å². The molecule has 24 heavy (non-hydrogen) atoms. The highest BCUT2D eigenvalue weighted by Crippen LogP contribution is 2.27. The van der Waals surface area contributed by atoms with Crippen LogP contribution in [0.2, 0.25) is 0 Å². The van der Waals surface area contributed by atoms with Gasteiger partial charge in [-0.1, -0.05) is 6.92 Å². The van der Waals surface area contributed by atoms with E-state index < -0.39 is 45.7 Å². The Morgan fingerprint density at radius 1 is 1.25 bits per heavy atom. The molecule has 7 heteroatoms. The maximum atomic E-state index is 13.5. The SMILES string of the molecule is CCC(CC[C@H](N[S+]([O-])C(C)(C)C)c1cc(F)cc(F)c1)C(=O)O. The Morgan fingerprint density at radius 2 is 1.79 bits per heavy atom. The Morgan fingerprint density at radius 3 is 2.21 bits per heavy atom. The van der Waals surface area contributed by atoms with Gasteiger partial charge in [0.1, 0.15) is 16.4 Å². The Hall–Kier alpha value is -1.18. The molecule has 136 valence electrons. The van der Waals surface area contributed by atoms with Crippen molar-refractivity contribution in [1.82, 2.24) is 4.72 Å². The molecule has 2 unspecified atom stereocenters. The molecule has 2 N–H and O–H groups in total. The number of carboxylic acid groups (broad SMARTS) is 1. The van der Waals surface area contributed by atoms with Crippen molar-refractivity contribution < 1.29 is 23.2 Å². The Bertz CT molecular complexity index is 543. The number of aliphatic carboxylic acids is 1. The summed E-state index contributed by atoms with van der Waals surface area (Å²) in [5, 5.41) is 9.16. The van der Waals surface area contributed by atoms with E-state index in [1.165, 1.54) is 12.1 Å². The average molecular weight is 361 g/mol. The zero-order chi connectivity index (χ0) is 18.5. The van der Waals surface area contributed by atoms with Crippen LogP contribution in [-0.2, 0) is 16.2 Å². The number of benzene rings is 1. The van der Waals surface area contributed by atoms with Gasteiger partial charge in [-0.25, -0.2) is 8.78 Å². The van der Waals surface area contributed by atoms with Crippen molar-refractivity contribution in [2.75, 3.05) is 0 Å². The molecular formula is C17H25F2NO3S. The summed E-state index contributed by atoms with van der Waals surface area (Å²) in [5.41, 5.74) is 0.324. The van der Waals surface area contributed by atoms with Crippen molar-refractivity contribution >= 4 is 17.3 Å². The number of rotatable bonds is 8. The highest BCUT2D eigenvalue weighted by Gasteiger charge is 2.31. The second-order valence-corrected chi connectivity index (χ2v) is 8.77. The van der Waals surface area contributed by atoms with E-state index in [1.807, 2.05) is 0 Å². The third-order valence-electron chi connectivity index (χ3n) is 3.74. The minimum absolute atomic E-state index is 0.315. The van der Waals surface area contributed by atoms with Crippen molar-refractivity contribution in [2.24, 2.45) is 5.92 Å². The van der Waals surface area contributed by atoms with E-state index in [0.29, 0.717) is 24.8 Å². The smallest absolute Gasteiger partial charge is 0.306 e. The minimum atomic E-state index is -1.45. The first-order chi connectivity index (χ1) is 11.0. The van der Waals surface area contributed by atoms with Crippen molar-refractivity contribution in [3.8, 4) is 0 Å². The van der Waals surface area contributed by atoms with Gasteiger partial charge in [-0.05, 0) is 57.7 Å². The van der Waals surface area contributed by atoms with Crippen LogP contribution in [0.5, 0.6) is 0 Å². The molecule has 1 aromatic carbocycles. The first-order valence-corrected chi connectivity index (χ1v) is 9.06. The van der Waals surface area contributed by atoms with Gasteiger partial charge in [0.15, 0.2) is 0 Å². The molecule has 1 aromatic rings. The van der Waals surface area contributed by atoms with Crippen LogP contribution in [0, 0.1) is 17.6 Å². The molecule has 1 rings (SSSR count). The first kappa shape index (κ1) is 20.9. The van der Waals surface area contributed by atoms with Crippen LogP contribution < -0.4 is 4.72 Å². The van der Waals surface area contributed by atoms with Crippen molar-refractivity contribution in [1.29, 1.82) is 0 Å². The van der Waals surface area contributed by atoms with E-state index in [-0.39, 0.29) is 0 Å². The largest absolute Gasteiger partial charge is 0.598 e. The number of halogens is 2. The Balaban J connectivity index is 3.00. The molecule has 0 aliphatic heterocycles. The minimum Gasteiger partial charge on any atom is -0.598 e. The number of nitrogens with one attached hydrogen (secondary N) is 1. The van der Waals surface area contributed by atoms with E-state index in [0.717, 1.165) is 6.07 Å². The number of carbonyl (C=O) groups is 1. The predicted molar refractivity (Wildman–Crippen MR) is 90.8 cm³/mol. The van der Waals surface area contributed by atoms with Crippen LogP contribution in [0.15, 0.2) is 18.2 Å². The molecule has 0 bridgehead atoms. The molecule has 4 nitrogen and oxygen atoms in total. The molecule has 0 aliphatic carbocycles. The lowest BCUT2D eigenvalue weighted by molar-refractivity contribution is -0.142. The third kappa shape index (κ3) is 6.37. The second kappa shape index (κ2) is 8.78. The zero-order valence-electron chi connectivity index (χ0n) is 14.4. The third-order valence-corrected chi connectivity index (χ3v) is 5.35. The number of hydrogen-bond donors (Lipinski definition) is 2. The second-order valence-electron chi connectivity index (χ2n) is 6.78. The van der Waals surface area contributed by atoms with Gasteiger partial charge < -0.3 is 9.66 Å². The molecule has 3 atom stereocenters. The van der Waals surface area contributed by atoms with Gasteiger partial charge in [0, 0.05) is 17.4 Å². The zero-order valence-corrected chi connectivity index (χ0v) is 15.3. The molecule has 0 radical (unpaired) electrons. The maximum Gasteiger partial charge on any atom is 0.306 e. The monoisotopic (exact) mass is 361 g/mol. The summed E-state index contributed by atoms with van der Waals surface area (Å²) in [6.07, 6.45) is 1.10. The molecule has 0 saturated heterocycles. The van der Waals surface area contributed by atoms with E-state index in [9.17, 15) is 18.1 Å². The fourth-order valence-corrected chi connectivity index (χ4v) is 3.11. The molecule has 0 aromatic heterocycles. The fourth-order valence-electron chi connectivity index (χ4n) is 2.25. The summed E-state index contributed by atoms with van der Waals surface area (Å²) >= 11 is -1.45. The van der Waals surface area contributed by atoms with Crippen LogP contribution in [-0.4, -0.2) is 20.4 Å². The lowest BCUT2D eigenvalue weighted by Crippen LogP contribution is -2.41. The predicted octanol–water partition coefficient (Wildman–Crippen LogP) is 3.95. The summed E-state index contributed by atoms with van der Waals surface area (Å²) in [6.45, 7) is 7.12. The van der Waals surface area contributed by atoms with Gasteiger partial charge in [-0.3, -0.25) is 4.79 Å². The molecule has 0 heterocycles. The fraction of sp³-hybridized carbons (Fsp3) is 0.588. The van der Waals surface area contributed by atoms with Gasteiger partial charge in [-0.15, -0.1) is 4.72 Å². The van der Waals surface area contributed by atoms with Gasteiger partial charge in [0.2, 0.25) is 0 Å². The molecule has 0 spiro atoms. The van der Waals surface area contributed by atoms with Crippen molar-refractivity contribution in [3.05, 3.63) is 35.4 Å². The summed E-state index contributed by atoms with van der Waals surface area (Å²) in [7, 11) is 0. The van der Waals surface area contributed by atoms with Crippen LogP contribution in [0.4, 0.5) is 8.78 Å². The van der Waals surface area contributed by atoms with E-state index >= 15 is 0 Å². The first-order valence-electron chi connectivity index (χ1n) is 7.91. The summed E-state index contributed by atoms with van der Waals surface area (Å²) in [5.74, 6) is -2.89. The highest BCUT2D eigenvalue weighted by molar-refractivity contribution is 7.90. The lowest BCUT2D eigenvalue weighted by atomic mass is 9.94. The standard InChI is InChI=1S/C17H25F2NO3S/c1-5-11(16(21)22)6-7-15(20-24(23)17(2,3)4)12-8-13(18)10-14(19)9-12/h8-11,15,20H,5-7H2,1-4H3,(H,21,22)/t11?,15-,24?/m0/s1. The quantitative estimate of drug-likeness (QED) is 0.688. The van der Waals surface area contributed by atoms with Gasteiger partial charge >= 0.3 is 5.97 Å². The summed E-state index contributed by atoms with van der Waals surface area (Å²) in [6, 6.07) is 2.54. The summed E-state index contributed by atoms with van der Waals surface area (Å²) < 4.78 is 41.7. The molecule has 0 aliphatic rings. The Kier molecular flexibility index (Phi) is 7.63. The lowest BCUT2D eigenvalue weighted by Gasteiger charge is -2.28. The van der Waals surface area contributed by atoms with Gasteiger partial charge in [0.05, 0.1) is 12.0 Å². The van der Waals surface area contributed by atoms with Crippen LogP contribution in [0.25, 0.3) is 0 Å². The normalized spacial score (nSPS) is 15.8. The van der Waals surface area contributed by atoms with E-state index in [1.54, 1.807) is 27.7 Å². The van der Waals surface area contributed by atoms with Crippen LogP contribution in [0.1, 0.15) is 58.6 Å². The molecule has 0 saturated carbocycles. The molecule has 0 amide bonds. The van der Waals surface area contributed by atoms with Crippen molar-refractivity contribution in [3.63, 3.8) is 0 Å². The number of carboxylic acids is 1. The summed E-state index contributed by atoms with van der Waals surface area (Å²) in [4.78, 5) is 11.2. The van der Waals surface area contributed by atoms with E-state index in [4.69, 9.17) is 5.11 Å². The van der Waals surface area contributed by atoms with Gasteiger partial charge in [0.25, 0.3) is 0 Å². The van der Waals surface area contributed by atoms with Crippen LogP contribution >= 0.6 is 0 Å². The van der Waals surface area contributed by atoms with Crippen LogP contribution in [0.3, 0.4) is 0 Å². The van der Waals surface area contributed by atoms with Crippen molar-refractivity contribution in [2.45, 2.75) is 57.7 Å². The topological polar surface area (TPSA) is 72.4 Å². The maximum absolute atomic E-state index is 13.5.